The fourth-order valence-corrected chi connectivity index (χ4v) is 1.28. The van der Waals surface area contributed by atoms with E-state index in [4.69, 9.17) is 4.74 Å². The number of ether oxygens (including phenoxy) is 1. The molecule has 1 unspecified atom stereocenters. The molecule has 0 aromatic carbocycles. The van der Waals surface area contributed by atoms with E-state index in [0.29, 0.717) is 11.5 Å². The predicted octanol–water partition coefficient (Wildman–Crippen LogP) is 3.71. The topological polar surface area (TPSA) is 26.3 Å². The SMILES string of the molecule is C=C(C)C(=O)OC(C)(C)C(C)CCCC. The van der Waals surface area contributed by atoms with Gasteiger partial charge in [0.15, 0.2) is 0 Å². The highest BCUT2D eigenvalue weighted by molar-refractivity contribution is 5.87. The molecule has 0 rings (SSSR count). The van der Waals surface area contributed by atoms with Crippen molar-refractivity contribution in [2.75, 3.05) is 0 Å². The Morgan fingerprint density at radius 2 is 2.00 bits per heavy atom. The molecule has 88 valence electrons. The molecule has 0 aliphatic carbocycles. The molecule has 0 aliphatic rings. The highest BCUT2D eigenvalue weighted by Gasteiger charge is 2.29. The van der Waals surface area contributed by atoms with Crippen molar-refractivity contribution in [1.82, 2.24) is 0 Å². The van der Waals surface area contributed by atoms with Gasteiger partial charge in [-0.3, -0.25) is 0 Å². The quantitative estimate of drug-likeness (QED) is 0.495. The van der Waals surface area contributed by atoms with Crippen molar-refractivity contribution in [1.29, 1.82) is 0 Å². The highest BCUT2D eigenvalue weighted by atomic mass is 16.6. The van der Waals surface area contributed by atoms with Crippen LogP contribution < -0.4 is 0 Å². The zero-order valence-electron chi connectivity index (χ0n) is 10.7. The molecular formula is C13H24O2. The number of carbonyl (C=O) groups is 1. The Balaban J connectivity index is 4.26. The van der Waals surface area contributed by atoms with Gasteiger partial charge in [0.05, 0.1) is 0 Å². The maximum atomic E-state index is 11.4. The number of hydrogen-bond acceptors (Lipinski definition) is 2. The minimum absolute atomic E-state index is 0.289. The molecule has 0 heterocycles. The first-order valence-corrected chi connectivity index (χ1v) is 5.70. The molecule has 0 aliphatic heterocycles. The van der Waals surface area contributed by atoms with Gasteiger partial charge < -0.3 is 4.74 Å². The van der Waals surface area contributed by atoms with Gasteiger partial charge in [-0.25, -0.2) is 4.79 Å². The van der Waals surface area contributed by atoms with Gasteiger partial charge in [0, 0.05) is 5.57 Å². The Morgan fingerprint density at radius 1 is 1.47 bits per heavy atom. The minimum atomic E-state index is -0.398. The third-order valence-electron chi connectivity index (χ3n) is 2.88. The van der Waals surface area contributed by atoms with Crippen LogP contribution in [0.4, 0.5) is 0 Å². The summed E-state index contributed by atoms with van der Waals surface area (Å²) < 4.78 is 5.42. The first kappa shape index (κ1) is 14.2. The Morgan fingerprint density at radius 3 is 2.40 bits per heavy atom. The van der Waals surface area contributed by atoms with Gasteiger partial charge in [0.25, 0.3) is 0 Å². The summed E-state index contributed by atoms with van der Waals surface area (Å²) >= 11 is 0. The summed E-state index contributed by atoms with van der Waals surface area (Å²) in [5, 5.41) is 0. The number of rotatable bonds is 6. The van der Waals surface area contributed by atoms with Gasteiger partial charge in [-0.2, -0.15) is 0 Å². The molecule has 1 atom stereocenters. The van der Waals surface area contributed by atoms with Crippen LogP contribution in [-0.4, -0.2) is 11.6 Å². The van der Waals surface area contributed by atoms with Crippen LogP contribution in [0.25, 0.3) is 0 Å². The summed E-state index contributed by atoms with van der Waals surface area (Å²) in [6, 6.07) is 0. The lowest BCUT2D eigenvalue weighted by Gasteiger charge is -2.31. The molecule has 0 N–H and O–H groups in total. The summed E-state index contributed by atoms with van der Waals surface area (Å²) in [7, 11) is 0. The molecule has 2 nitrogen and oxygen atoms in total. The molecule has 0 saturated heterocycles. The van der Waals surface area contributed by atoms with Crippen LogP contribution >= 0.6 is 0 Å². The average molecular weight is 212 g/mol. The maximum Gasteiger partial charge on any atom is 0.333 e. The van der Waals surface area contributed by atoms with Gasteiger partial charge in [0.2, 0.25) is 0 Å². The summed E-state index contributed by atoms with van der Waals surface area (Å²) in [6.07, 6.45) is 3.44. The molecule has 0 aromatic heterocycles. The smallest absolute Gasteiger partial charge is 0.333 e. The Kier molecular flexibility index (Phi) is 5.63. The molecule has 0 saturated carbocycles. The second-order valence-corrected chi connectivity index (χ2v) is 4.82. The Labute approximate surface area is 93.7 Å². The molecule has 15 heavy (non-hydrogen) atoms. The van der Waals surface area contributed by atoms with Crippen molar-refractivity contribution in [2.45, 2.75) is 59.5 Å². The second-order valence-electron chi connectivity index (χ2n) is 4.82. The fourth-order valence-electron chi connectivity index (χ4n) is 1.28. The van der Waals surface area contributed by atoms with E-state index < -0.39 is 5.60 Å². The lowest BCUT2D eigenvalue weighted by Crippen LogP contribution is -2.35. The highest BCUT2D eigenvalue weighted by Crippen LogP contribution is 2.26. The fraction of sp³-hybridized carbons (Fsp3) is 0.769. The van der Waals surface area contributed by atoms with Crippen LogP contribution in [0.15, 0.2) is 12.2 Å². The molecule has 0 fully saturated rings. The molecular weight excluding hydrogens is 188 g/mol. The van der Waals surface area contributed by atoms with Crippen molar-refractivity contribution in [3.05, 3.63) is 12.2 Å². The van der Waals surface area contributed by atoms with E-state index in [1.165, 1.54) is 12.8 Å². The Hall–Kier alpha value is -0.790. The third-order valence-corrected chi connectivity index (χ3v) is 2.88. The number of carbonyl (C=O) groups excluding carboxylic acids is 1. The predicted molar refractivity (Wildman–Crippen MR) is 63.7 cm³/mol. The van der Waals surface area contributed by atoms with Gasteiger partial charge in [-0.1, -0.05) is 33.3 Å². The summed E-state index contributed by atoms with van der Waals surface area (Å²) in [6.45, 7) is 13.5. The lowest BCUT2D eigenvalue weighted by atomic mass is 9.88. The van der Waals surface area contributed by atoms with Crippen molar-refractivity contribution < 1.29 is 9.53 Å². The first-order valence-electron chi connectivity index (χ1n) is 5.70. The van der Waals surface area contributed by atoms with Crippen LogP contribution in [0.1, 0.15) is 53.9 Å². The summed E-state index contributed by atoms with van der Waals surface area (Å²) in [5.41, 5.74) is 0.0661. The van der Waals surface area contributed by atoms with Gasteiger partial charge in [-0.05, 0) is 33.1 Å². The maximum absolute atomic E-state index is 11.4. The molecule has 0 radical (unpaired) electrons. The number of unbranched alkanes of at least 4 members (excludes halogenated alkanes) is 1. The first-order chi connectivity index (χ1) is 6.81. The van der Waals surface area contributed by atoms with E-state index in [9.17, 15) is 4.79 Å². The van der Waals surface area contributed by atoms with Gasteiger partial charge >= 0.3 is 5.97 Å². The minimum Gasteiger partial charge on any atom is -0.456 e. The van der Waals surface area contributed by atoms with E-state index in [0.717, 1.165) is 6.42 Å². The Bertz CT molecular complexity index is 229. The second kappa shape index (κ2) is 5.94. The van der Waals surface area contributed by atoms with Crippen molar-refractivity contribution >= 4 is 5.97 Å². The van der Waals surface area contributed by atoms with Crippen LogP contribution in [0.5, 0.6) is 0 Å². The van der Waals surface area contributed by atoms with Gasteiger partial charge in [-0.15, -0.1) is 0 Å². The van der Waals surface area contributed by atoms with E-state index in [2.05, 4.69) is 20.4 Å². The molecule has 0 aromatic rings. The zero-order chi connectivity index (χ0) is 12.1. The van der Waals surface area contributed by atoms with Crippen molar-refractivity contribution in [2.24, 2.45) is 5.92 Å². The molecule has 2 heteroatoms. The molecule has 0 bridgehead atoms. The van der Waals surface area contributed by atoms with Crippen molar-refractivity contribution in [3.8, 4) is 0 Å². The van der Waals surface area contributed by atoms with Crippen LogP contribution in [0.2, 0.25) is 0 Å². The largest absolute Gasteiger partial charge is 0.456 e. The van der Waals surface area contributed by atoms with Crippen LogP contribution in [-0.2, 0) is 9.53 Å². The molecule has 0 spiro atoms. The van der Waals surface area contributed by atoms with Crippen molar-refractivity contribution in [3.63, 3.8) is 0 Å². The van der Waals surface area contributed by atoms with Crippen LogP contribution in [0, 0.1) is 5.92 Å². The third kappa shape index (κ3) is 5.01. The van der Waals surface area contributed by atoms with E-state index >= 15 is 0 Å². The standard InChI is InChI=1S/C13H24O2/c1-7-8-9-11(4)13(5,6)15-12(14)10(2)3/h11H,2,7-9H2,1,3-6H3. The van der Waals surface area contributed by atoms with E-state index in [-0.39, 0.29) is 5.97 Å². The number of esters is 1. The van der Waals surface area contributed by atoms with Crippen LogP contribution in [0.3, 0.4) is 0 Å². The summed E-state index contributed by atoms with van der Waals surface area (Å²) in [5.74, 6) is 0.0871. The molecule has 0 amide bonds. The summed E-state index contributed by atoms with van der Waals surface area (Å²) in [4.78, 5) is 11.4. The monoisotopic (exact) mass is 212 g/mol. The normalized spacial score (nSPS) is 13.4. The van der Waals surface area contributed by atoms with E-state index in [1.807, 2.05) is 13.8 Å². The van der Waals surface area contributed by atoms with E-state index in [1.54, 1.807) is 6.92 Å². The zero-order valence-corrected chi connectivity index (χ0v) is 10.7. The lowest BCUT2D eigenvalue weighted by molar-refractivity contribution is -0.156. The van der Waals surface area contributed by atoms with Gasteiger partial charge in [0.1, 0.15) is 5.60 Å². The average Bonchev–Trinajstić information content (AvgIpc) is 2.13. The number of hydrogen-bond donors (Lipinski definition) is 0.